The molecule has 0 saturated heterocycles. The smallest absolute Gasteiger partial charge is 1.00 e. The van der Waals surface area contributed by atoms with Gasteiger partial charge in [-0.2, -0.15) is 48.6 Å². The fraction of sp³-hybridized carbons (Fsp3) is 0.333. The number of halogens is 4. The Kier molecular flexibility index (Phi) is 14.2. The van der Waals surface area contributed by atoms with Gasteiger partial charge in [0.2, 0.25) is 0 Å². The van der Waals surface area contributed by atoms with Crippen molar-refractivity contribution in [2.75, 3.05) is 0 Å². The Morgan fingerprint density at radius 3 is 1.25 bits per heavy atom. The van der Waals surface area contributed by atoms with Crippen LogP contribution in [-0.4, -0.2) is 18.5 Å². The molecule has 0 aliphatic heterocycles. The van der Waals surface area contributed by atoms with Gasteiger partial charge in [-0.3, -0.25) is 0 Å². The van der Waals surface area contributed by atoms with Gasteiger partial charge in [-0.1, -0.05) is 27.7 Å². The van der Waals surface area contributed by atoms with E-state index in [-0.39, 0.29) is 38.6 Å². The van der Waals surface area contributed by atoms with Gasteiger partial charge in [-0.15, -0.1) is 0 Å². The second kappa shape index (κ2) is 12.0. The Labute approximate surface area is 166 Å². The average Bonchev–Trinajstić information content (AvgIpc) is 2.86. The predicted octanol–water partition coefficient (Wildman–Crippen LogP) is 1.10. The summed E-state index contributed by atoms with van der Waals surface area (Å²) in [5.74, 6) is 0. The molecule has 0 N–H and O–H groups in total. The van der Waals surface area contributed by atoms with E-state index >= 15 is 0 Å². The summed E-state index contributed by atoms with van der Waals surface area (Å²) in [6.45, 7) is 8.42. The Balaban J connectivity index is -0.000000265. The molecule has 3 nitrogen and oxygen atoms in total. The molecule has 2 rings (SSSR count). The molecule has 2 aromatic carbocycles. The maximum absolute atomic E-state index is 10.7. The van der Waals surface area contributed by atoms with Gasteiger partial charge in [0.05, 0.1) is 0 Å². The summed E-state index contributed by atoms with van der Waals surface area (Å²) in [6, 6.07) is 12.8. The van der Waals surface area contributed by atoms with Crippen LogP contribution in [0, 0.1) is 27.7 Å². The molecule has 0 heterocycles. The summed E-state index contributed by atoms with van der Waals surface area (Å²) in [7, 11) is -6.09. The minimum atomic E-state index is -6.09. The summed E-state index contributed by atoms with van der Waals surface area (Å²) in [5.41, 5.74) is -0.211. The van der Waals surface area contributed by atoms with Crippen molar-refractivity contribution in [3.63, 3.8) is 0 Å². The zero-order chi connectivity index (χ0) is 17.6. The summed E-state index contributed by atoms with van der Waals surface area (Å²) < 4.78 is 58.9. The van der Waals surface area contributed by atoms with Gasteiger partial charge < -0.3 is 17.0 Å². The van der Waals surface area contributed by atoms with E-state index in [1.807, 2.05) is 0 Å². The molecule has 0 aliphatic rings. The van der Waals surface area contributed by atoms with Gasteiger partial charge in [-0.25, -0.2) is 31.7 Å². The average molecular weight is 462 g/mol. The fourth-order valence-corrected chi connectivity index (χ4v) is 1.44. The van der Waals surface area contributed by atoms with Crippen LogP contribution in [0.25, 0.3) is 0 Å². The van der Waals surface area contributed by atoms with Crippen LogP contribution in [-0.2, 0) is 36.3 Å². The molecular formula is C15H18ClF3O3SZr. The van der Waals surface area contributed by atoms with Crippen molar-refractivity contribution in [3.05, 3.63) is 58.7 Å². The molecule has 0 saturated carbocycles. The van der Waals surface area contributed by atoms with E-state index in [9.17, 15) is 13.2 Å². The maximum atomic E-state index is 10.7. The second-order valence-corrected chi connectivity index (χ2v) is 6.20. The first-order valence-corrected chi connectivity index (χ1v) is 7.66. The van der Waals surface area contributed by atoms with E-state index in [0.717, 1.165) is 0 Å². The topological polar surface area (TPSA) is 57.2 Å². The van der Waals surface area contributed by atoms with Crippen molar-refractivity contribution in [1.29, 1.82) is 0 Å². The number of aryl methyl sites for hydroxylation is 4. The van der Waals surface area contributed by atoms with Gasteiger partial charge in [0, 0.05) is 0 Å². The molecule has 0 unspecified atom stereocenters. The van der Waals surface area contributed by atoms with Gasteiger partial charge in [-0.05, 0) is 0 Å². The second-order valence-electron chi connectivity index (χ2n) is 4.83. The van der Waals surface area contributed by atoms with Crippen molar-refractivity contribution in [1.82, 2.24) is 0 Å². The van der Waals surface area contributed by atoms with Gasteiger partial charge >= 0.3 is 31.7 Å². The Morgan fingerprint density at radius 2 is 1.21 bits per heavy atom. The molecule has 0 fully saturated rings. The van der Waals surface area contributed by atoms with E-state index in [1.165, 1.54) is 22.3 Å². The summed E-state index contributed by atoms with van der Waals surface area (Å²) >= 11 is 0. The third-order valence-electron chi connectivity index (χ3n) is 2.41. The third-order valence-corrected chi connectivity index (χ3v) is 2.98. The standard InChI is InChI=1S/2C7H9.CHF3O3S.ClH.Zr/c2*1-6-3-4-7(2)5-6;2-1(3,4)8(5,6)7;;/h2*3-5H,1-2H3;(H,5,6,7);1H;/q2*-1;;;+4/p-2. The zero-order valence-electron chi connectivity index (χ0n) is 13.6. The van der Waals surface area contributed by atoms with Crippen molar-refractivity contribution in [2.24, 2.45) is 0 Å². The number of hydrogen-bond donors (Lipinski definition) is 0. The maximum Gasteiger partial charge on any atom is 4.00 e. The molecule has 0 bridgehead atoms. The Morgan fingerprint density at radius 1 is 0.958 bits per heavy atom. The fourth-order valence-electron chi connectivity index (χ4n) is 1.44. The van der Waals surface area contributed by atoms with Crippen LogP contribution < -0.4 is 12.4 Å². The predicted molar refractivity (Wildman–Crippen MR) is 78.8 cm³/mol. The van der Waals surface area contributed by atoms with Gasteiger partial charge in [0.15, 0.2) is 10.1 Å². The molecule has 0 spiro atoms. The van der Waals surface area contributed by atoms with Crippen molar-refractivity contribution >= 4 is 10.1 Å². The monoisotopic (exact) mass is 460 g/mol. The van der Waals surface area contributed by atoms with Gasteiger partial charge in [0.25, 0.3) is 0 Å². The number of hydrogen-bond acceptors (Lipinski definition) is 3. The quantitative estimate of drug-likeness (QED) is 0.335. The SMILES string of the molecule is Cc1cc[c-](C)c1.Cc1cc[c-](C)c1.O=S(=O)([O-])C(F)(F)F.[Cl-].[Zr+4]. The van der Waals surface area contributed by atoms with E-state index in [1.54, 1.807) is 0 Å². The molecule has 0 amide bonds. The minimum absolute atomic E-state index is 0. The van der Waals surface area contributed by atoms with Crippen molar-refractivity contribution in [2.45, 2.75) is 33.2 Å². The van der Waals surface area contributed by atoms with E-state index in [0.29, 0.717) is 0 Å². The van der Waals surface area contributed by atoms with Crippen molar-refractivity contribution in [3.8, 4) is 0 Å². The molecule has 9 heteroatoms. The van der Waals surface area contributed by atoms with Gasteiger partial charge in [0.1, 0.15) is 0 Å². The van der Waals surface area contributed by atoms with Crippen molar-refractivity contribution < 1.29 is 64.8 Å². The van der Waals surface area contributed by atoms with Crippen LogP contribution in [0.2, 0.25) is 0 Å². The van der Waals surface area contributed by atoms with E-state index < -0.39 is 15.6 Å². The normalized spacial score (nSPS) is 10.2. The van der Waals surface area contributed by atoms with E-state index in [2.05, 4.69) is 64.1 Å². The van der Waals surface area contributed by atoms with Crippen LogP contribution in [0.4, 0.5) is 13.2 Å². The molecule has 0 atom stereocenters. The van der Waals surface area contributed by atoms with Crippen LogP contribution >= 0.6 is 0 Å². The Hall–Kier alpha value is -0.427. The zero-order valence-corrected chi connectivity index (χ0v) is 17.6. The Bertz CT molecular complexity index is 605. The van der Waals surface area contributed by atoms with E-state index in [4.69, 9.17) is 13.0 Å². The number of alkyl halides is 3. The molecule has 24 heavy (non-hydrogen) atoms. The molecule has 0 radical (unpaired) electrons. The molecule has 0 aromatic heterocycles. The first-order chi connectivity index (χ1) is 9.83. The first-order valence-electron chi connectivity index (χ1n) is 6.25. The van der Waals surface area contributed by atoms with Crippen LogP contribution in [0.3, 0.4) is 0 Å². The third kappa shape index (κ3) is 12.9. The minimum Gasteiger partial charge on any atom is -1.00 e. The summed E-state index contributed by atoms with van der Waals surface area (Å²) in [5, 5.41) is 0. The summed E-state index contributed by atoms with van der Waals surface area (Å²) in [6.07, 6.45) is 0. The summed E-state index contributed by atoms with van der Waals surface area (Å²) in [4.78, 5) is 0. The van der Waals surface area contributed by atoms with Crippen LogP contribution in [0.5, 0.6) is 0 Å². The van der Waals surface area contributed by atoms with Crippen LogP contribution in [0.1, 0.15) is 22.3 Å². The molecule has 0 aliphatic carbocycles. The molecular weight excluding hydrogens is 444 g/mol. The number of rotatable bonds is 0. The first kappa shape index (κ1) is 28.4. The van der Waals surface area contributed by atoms with Crippen LogP contribution in [0.15, 0.2) is 36.4 Å². The molecule has 134 valence electrons. The molecule has 2 aromatic rings. The largest absolute Gasteiger partial charge is 4.00 e.